The van der Waals surface area contributed by atoms with E-state index in [1.165, 1.54) is 18.1 Å². The van der Waals surface area contributed by atoms with Crippen molar-refractivity contribution in [2.24, 2.45) is 0 Å². The van der Waals surface area contributed by atoms with E-state index in [1.54, 1.807) is 0 Å². The number of carbonyl (C=O) groups excluding carboxylic acids is 2. The molecule has 27 heavy (non-hydrogen) atoms. The summed E-state index contributed by atoms with van der Waals surface area (Å²) in [4.78, 5) is 25.4. The Bertz CT molecular complexity index is 739. The van der Waals surface area contributed by atoms with Crippen LogP contribution in [-0.2, 0) is 22.6 Å². The summed E-state index contributed by atoms with van der Waals surface area (Å²) >= 11 is 0. The smallest absolute Gasteiger partial charge is 0.275 e. The van der Waals surface area contributed by atoms with Crippen LogP contribution in [0.1, 0.15) is 43.4 Å². The van der Waals surface area contributed by atoms with E-state index in [4.69, 9.17) is 0 Å². The van der Waals surface area contributed by atoms with Crippen molar-refractivity contribution in [3.05, 3.63) is 71.3 Å². The number of Topliss-reactive ketones (excluding diaryl/α,β-unsaturated/α-hetero) is 1. The lowest BCUT2D eigenvalue weighted by Crippen LogP contribution is -3.09. The van der Waals surface area contributed by atoms with Crippen molar-refractivity contribution in [1.29, 1.82) is 0 Å². The van der Waals surface area contributed by atoms with Crippen molar-refractivity contribution in [3.63, 3.8) is 0 Å². The second kappa shape index (κ2) is 10.0. The Hall–Kier alpha value is -2.46. The van der Waals surface area contributed by atoms with Gasteiger partial charge >= 0.3 is 0 Å². The van der Waals surface area contributed by atoms with Gasteiger partial charge in [0.2, 0.25) is 0 Å². The Morgan fingerprint density at radius 3 is 2.15 bits per heavy atom. The largest absolute Gasteiger partial charge is 0.341 e. The van der Waals surface area contributed by atoms with E-state index in [2.05, 4.69) is 43.4 Å². The molecule has 2 aromatic carbocycles. The van der Waals surface area contributed by atoms with Gasteiger partial charge in [0.1, 0.15) is 6.54 Å². The van der Waals surface area contributed by atoms with Crippen LogP contribution >= 0.6 is 0 Å². The molecule has 0 saturated heterocycles. The van der Waals surface area contributed by atoms with Gasteiger partial charge < -0.3 is 10.2 Å². The number of ketones is 1. The van der Waals surface area contributed by atoms with Gasteiger partial charge in [-0.1, -0.05) is 68.4 Å². The van der Waals surface area contributed by atoms with Crippen LogP contribution < -0.4 is 10.2 Å². The maximum absolute atomic E-state index is 12.4. The molecular formula is C23H31N2O2+. The SMILES string of the molecule is CC(=O)[C@H](Cc1ccccc1)NC(=O)C[NH+](C)Cc1ccc(C(C)C)cc1. The summed E-state index contributed by atoms with van der Waals surface area (Å²) in [6.07, 6.45) is 0.525. The first-order chi connectivity index (χ1) is 12.8. The third kappa shape index (κ3) is 6.99. The molecule has 0 fully saturated rings. The number of quaternary nitrogens is 1. The lowest BCUT2D eigenvalue weighted by molar-refractivity contribution is -0.885. The van der Waals surface area contributed by atoms with Gasteiger partial charge in [0.15, 0.2) is 12.3 Å². The van der Waals surface area contributed by atoms with Gasteiger partial charge in [0.25, 0.3) is 5.91 Å². The van der Waals surface area contributed by atoms with Crippen LogP contribution in [0.15, 0.2) is 54.6 Å². The Balaban J connectivity index is 1.87. The molecule has 2 rings (SSSR count). The fourth-order valence-electron chi connectivity index (χ4n) is 3.10. The molecule has 4 nitrogen and oxygen atoms in total. The second-order valence-electron chi connectivity index (χ2n) is 7.63. The van der Waals surface area contributed by atoms with E-state index >= 15 is 0 Å². The normalized spacial score (nSPS) is 13.2. The number of amides is 1. The van der Waals surface area contributed by atoms with Crippen molar-refractivity contribution in [1.82, 2.24) is 5.32 Å². The predicted molar refractivity (Wildman–Crippen MR) is 109 cm³/mol. The summed E-state index contributed by atoms with van der Waals surface area (Å²) in [6.45, 7) is 7.00. The average molecular weight is 368 g/mol. The summed E-state index contributed by atoms with van der Waals surface area (Å²) in [5.74, 6) is 0.402. The van der Waals surface area contributed by atoms with Crippen molar-refractivity contribution >= 4 is 11.7 Å². The fourth-order valence-corrected chi connectivity index (χ4v) is 3.10. The maximum Gasteiger partial charge on any atom is 0.275 e. The van der Waals surface area contributed by atoms with Crippen molar-refractivity contribution in [3.8, 4) is 0 Å². The lowest BCUT2D eigenvalue weighted by Gasteiger charge is -2.18. The summed E-state index contributed by atoms with van der Waals surface area (Å²) < 4.78 is 0. The van der Waals surface area contributed by atoms with Crippen LogP contribution in [0.3, 0.4) is 0 Å². The van der Waals surface area contributed by atoms with Gasteiger partial charge in [-0.25, -0.2) is 0 Å². The maximum atomic E-state index is 12.4. The molecule has 0 aromatic heterocycles. The van der Waals surface area contributed by atoms with Crippen LogP contribution in [-0.4, -0.2) is 31.3 Å². The summed E-state index contributed by atoms with van der Waals surface area (Å²) in [7, 11) is 2.00. The molecule has 2 atom stereocenters. The monoisotopic (exact) mass is 367 g/mol. The van der Waals surface area contributed by atoms with Gasteiger partial charge in [-0.05, 0) is 30.4 Å². The second-order valence-corrected chi connectivity index (χ2v) is 7.63. The van der Waals surface area contributed by atoms with E-state index in [1.807, 2.05) is 37.4 Å². The molecule has 0 radical (unpaired) electrons. The molecule has 1 unspecified atom stereocenters. The van der Waals surface area contributed by atoms with Crippen LogP contribution in [0.4, 0.5) is 0 Å². The topological polar surface area (TPSA) is 50.6 Å². The van der Waals surface area contributed by atoms with Crippen LogP contribution in [0.2, 0.25) is 0 Å². The van der Waals surface area contributed by atoms with Crippen molar-refractivity contribution in [2.75, 3.05) is 13.6 Å². The van der Waals surface area contributed by atoms with E-state index in [0.717, 1.165) is 17.0 Å². The van der Waals surface area contributed by atoms with Gasteiger partial charge in [-0.15, -0.1) is 0 Å². The van der Waals surface area contributed by atoms with Crippen molar-refractivity contribution < 1.29 is 14.5 Å². The zero-order chi connectivity index (χ0) is 19.8. The predicted octanol–water partition coefficient (Wildman–Crippen LogP) is 2.14. The fraction of sp³-hybridized carbons (Fsp3) is 0.391. The first-order valence-corrected chi connectivity index (χ1v) is 9.59. The number of carbonyl (C=O) groups is 2. The molecule has 1 amide bonds. The summed E-state index contributed by atoms with van der Waals surface area (Å²) in [5.41, 5.74) is 3.57. The zero-order valence-corrected chi connectivity index (χ0v) is 16.8. The first-order valence-electron chi connectivity index (χ1n) is 9.59. The molecular weight excluding hydrogens is 336 g/mol. The molecule has 0 saturated carbocycles. The molecule has 144 valence electrons. The number of likely N-dealkylation sites (N-methyl/N-ethyl adjacent to an activating group) is 1. The molecule has 4 heteroatoms. The van der Waals surface area contributed by atoms with Gasteiger partial charge in [0.05, 0.1) is 13.1 Å². The number of benzene rings is 2. The number of hydrogen-bond donors (Lipinski definition) is 2. The average Bonchev–Trinajstić information content (AvgIpc) is 2.62. The zero-order valence-electron chi connectivity index (χ0n) is 16.8. The number of rotatable bonds is 9. The van der Waals surface area contributed by atoms with E-state index in [-0.39, 0.29) is 11.7 Å². The van der Waals surface area contributed by atoms with Crippen LogP contribution in [0.25, 0.3) is 0 Å². The van der Waals surface area contributed by atoms with E-state index in [9.17, 15) is 9.59 Å². The molecule has 0 bridgehead atoms. The highest BCUT2D eigenvalue weighted by Gasteiger charge is 2.19. The molecule has 0 spiro atoms. The Morgan fingerprint density at radius 2 is 1.59 bits per heavy atom. The Kier molecular flexibility index (Phi) is 7.74. The first kappa shape index (κ1) is 20.8. The standard InChI is InChI=1S/C23H30N2O2/c1-17(2)21-12-10-20(11-13-21)15-25(4)16-23(27)24-22(18(3)26)14-19-8-6-5-7-9-19/h5-13,17,22H,14-16H2,1-4H3,(H,24,27)/p+1/t22-/m0/s1. The third-order valence-electron chi connectivity index (χ3n) is 4.72. The molecule has 0 aliphatic rings. The minimum atomic E-state index is -0.474. The Labute approximate surface area is 162 Å². The molecule has 2 aromatic rings. The van der Waals surface area contributed by atoms with Crippen LogP contribution in [0, 0.1) is 0 Å². The van der Waals surface area contributed by atoms with Crippen LogP contribution in [0.5, 0.6) is 0 Å². The minimum Gasteiger partial charge on any atom is -0.341 e. The third-order valence-corrected chi connectivity index (χ3v) is 4.72. The quantitative estimate of drug-likeness (QED) is 0.713. The number of hydrogen-bond acceptors (Lipinski definition) is 2. The highest BCUT2D eigenvalue weighted by Crippen LogP contribution is 2.14. The highest BCUT2D eigenvalue weighted by atomic mass is 16.2. The summed E-state index contributed by atoms with van der Waals surface area (Å²) in [6, 6.07) is 17.9. The molecule has 0 heterocycles. The van der Waals surface area contributed by atoms with Crippen molar-refractivity contribution in [2.45, 2.75) is 45.7 Å². The molecule has 2 N–H and O–H groups in total. The Morgan fingerprint density at radius 1 is 0.963 bits per heavy atom. The summed E-state index contributed by atoms with van der Waals surface area (Å²) in [5, 5.41) is 2.90. The lowest BCUT2D eigenvalue weighted by atomic mass is 10.0. The van der Waals surface area contributed by atoms with E-state index < -0.39 is 6.04 Å². The minimum absolute atomic E-state index is 0.0193. The molecule has 0 aliphatic carbocycles. The van der Waals surface area contributed by atoms with E-state index in [0.29, 0.717) is 18.9 Å². The van der Waals surface area contributed by atoms with Gasteiger partial charge in [-0.2, -0.15) is 0 Å². The molecule has 0 aliphatic heterocycles. The highest BCUT2D eigenvalue weighted by molar-refractivity contribution is 5.88. The van der Waals surface area contributed by atoms with Gasteiger partial charge in [0, 0.05) is 5.56 Å². The number of nitrogens with one attached hydrogen (secondary N) is 2. The van der Waals surface area contributed by atoms with Gasteiger partial charge in [-0.3, -0.25) is 9.59 Å².